The Bertz CT molecular complexity index is 437. The quantitative estimate of drug-likeness (QED) is 0.358. The van der Waals surface area contributed by atoms with Crippen molar-refractivity contribution in [1.82, 2.24) is 4.98 Å². The van der Waals surface area contributed by atoms with Crippen LogP contribution in [0.25, 0.3) is 0 Å². The smallest absolute Gasteiger partial charge is 0.288 e. The van der Waals surface area contributed by atoms with Gasteiger partial charge in [-0.15, -0.1) is 11.6 Å². The van der Waals surface area contributed by atoms with Crippen molar-refractivity contribution < 1.29 is 4.92 Å². The molecule has 6 heteroatoms. The summed E-state index contributed by atoms with van der Waals surface area (Å²) in [5.74, 6) is 6.01. The third kappa shape index (κ3) is 3.11. The number of anilines is 1. The number of pyridine rings is 1. The summed E-state index contributed by atoms with van der Waals surface area (Å²) in [5, 5.41) is 10.4. The molecule has 15 heavy (non-hydrogen) atoms. The van der Waals surface area contributed by atoms with Crippen LogP contribution >= 0.6 is 11.6 Å². The molecule has 0 amide bonds. The van der Waals surface area contributed by atoms with Crippen LogP contribution in [0.2, 0.25) is 0 Å². The van der Waals surface area contributed by atoms with E-state index in [1.165, 1.54) is 6.07 Å². The summed E-state index contributed by atoms with van der Waals surface area (Å²) >= 11 is 5.43. The Labute approximate surface area is 91.4 Å². The Kier molecular flexibility index (Phi) is 3.89. The fourth-order valence-electron chi connectivity index (χ4n) is 0.869. The van der Waals surface area contributed by atoms with Gasteiger partial charge in [0.05, 0.1) is 10.5 Å². The van der Waals surface area contributed by atoms with E-state index in [9.17, 15) is 10.1 Å². The lowest BCUT2D eigenvalue weighted by Crippen LogP contribution is -1.97. The molecule has 0 aromatic carbocycles. The second-order valence-corrected chi connectivity index (χ2v) is 3.00. The predicted molar refractivity (Wildman–Crippen MR) is 57.5 cm³/mol. The summed E-state index contributed by atoms with van der Waals surface area (Å²) in [6.07, 6.45) is 1.60. The molecule has 0 spiro atoms. The predicted octanol–water partition coefficient (Wildman–Crippen LogP) is 1.55. The number of halogens is 1. The number of aromatic nitrogens is 1. The van der Waals surface area contributed by atoms with Gasteiger partial charge in [0.25, 0.3) is 5.69 Å². The molecule has 0 saturated heterocycles. The summed E-state index contributed by atoms with van der Waals surface area (Å²) in [6, 6.07) is 1.30. The Hall–Kier alpha value is -1.80. The second-order valence-electron chi connectivity index (χ2n) is 2.62. The number of hydrogen-bond acceptors (Lipinski definition) is 4. The van der Waals surface area contributed by atoms with Gasteiger partial charge < -0.3 is 5.73 Å². The average molecular weight is 226 g/mol. The molecule has 78 valence electrons. The molecule has 0 saturated carbocycles. The molecule has 0 aliphatic heterocycles. The molecule has 0 fully saturated rings. The Balaban J connectivity index is 3.02. The van der Waals surface area contributed by atoms with Crippen molar-refractivity contribution >= 4 is 23.1 Å². The first kappa shape index (κ1) is 11.3. The molecular weight excluding hydrogens is 218 g/mol. The monoisotopic (exact) mass is 225 g/mol. The van der Waals surface area contributed by atoms with Crippen LogP contribution in [0, 0.1) is 22.0 Å². The van der Waals surface area contributed by atoms with Crippen LogP contribution in [0.5, 0.6) is 0 Å². The Morgan fingerprint density at radius 3 is 3.00 bits per heavy atom. The lowest BCUT2D eigenvalue weighted by molar-refractivity contribution is -0.385. The largest absolute Gasteiger partial charge is 0.383 e. The van der Waals surface area contributed by atoms with Crippen LogP contribution in [0.15, 0.2) is 12.3 Å². The van der Waals surface area contributed by atoms with E-state index in [4.69, 9.17) is 17.3 Å². The van der Waals surface area contributed by atoms with Crippen LogP contribution in [0.3, 0.4) is 0 Å². The fraction of sp³-hybridized carbons (Fsp3) is 0.222. The summed E-state index contributed by atoms with van der Waals surface area (Å²) in [7, 11) is 0. The zero-order valence-corrected chi connectivity index (χ0v) is 8.49. The van der Waals surface area contributed by atoms with Gasteiger partial charge in [-0.2, -0.15) is 0 Å². The van der Waals surface area contributed by atoms with E-state index in [1.54, 1.807) is 0 Å². The molecule has 0 unspecified atom stereocenters. The highest BCUT2D eigenvalue weighted by Crippen LogP contribution is 2.15. The zero-order valence-electron chi connectivity index (χ0n) is 7.74. The highest BCUT2D eigenvalue weighted by Gasteiger charge is 2.08. The van der Waals surface area contributed by atoms with Crippen LogP contribution < -0.4 is 5.73 Å². The maximum absolute atomic E-state index is 10.4. The molecule has 2 N–H and O–H groups in total. The van der Waals surface area contributed by atoms with Crippen molar-refractivity contribution in [2.24, 2.45) is 0 Å². The van der Waals surface area contributed by atoms with E-state index in [1.807, 2.05) is 0 Å². The van der Waals surface area contributed by atoms with E-state index >= 15 is 0 Å². The Morgan fingerprint density at radius 1 is 1.67 bits per heavy atom. The molecule has 1 rings (SSSR count). The molecule has 0 radical (unpaired) electrons. The first-order valence-corrected chi connectivity index (χ1v) is 4.63. The third-order valence-electron chi connectivity index (χ3n) is 1.56. The normalized spacial score (nSPS) is 9.13. The summed E-state index contributed by atoms with van der Waals surface area (Å²) in [4.78, 5) is 13.6. The number of nitrogens with zero attached hydrogens (tertiary/aromatic N) is 2. The van der Waals surface area contributed by atoms with Gasteiger partial charge in [-0.1, -0.05) is 11.8 Å². The lowest BCUT2D eigenvalue weighted by atomic mass is 10.2. The minimum absolute atomic E-state index is 0.126. The number of rotatable bonds is 2. The van der Waals surface area contributed by atoms with Crippen molar-refractivity contribution in [1.29, 1.82) is 0 Å². The zero-order chi connectivity index (χ0) is 11.3. The average Bonchev–Trinajstić information content (AvgIpc) is 2.20. The van der Waals surface area contributed by atoms with E-state index in [2.05, 4.69) is 16.8 Å². The maximum atomic E-state index is 10.4. The van der Waals surface area contributed by atoms with Crippen LogP contribution in [0.4, 0.5) is 11.5 Å². The van der Waals surface area contributed by atoms with Gasteiger partial charge in [0.1, 0.15) is 12.0 Å². The van der Waals surface area contributed by atoms with Crippen LogP contribution in [0.1, 0.15) is 12.0 Å². The van der Waals surface area contributed by atoms with Crippen molar-refractivity contribution in [2.45, 2.75) is 6.42 Å². The van der Waals surface area contributed by atoms with E-state index in [0.29, 0.717) is 17.9 Å². The fourth-order valence-corrected chi connectivity index (χ4v) is 0.964. The van der Waals surface area contributed by atoms with Crippen molar-refractivity contribution in [2.75, 3.05) is 11.6 Å². The van der Waals surface area contributed by atoms with Crippen LogP contribution in [-0.4, -0.2) is 15.8 Å². The van der Waals surface area contributed by atoms with Gasteiger partial charge in [-0.05, 0) is 0 Å². The summed E-state index contributed by atoms with van der Waals surface area (Å²) < 4.78 is 0. The summed E-state index contributed by atoms with van der Waals surface area (Å²) in [5.41, 5.74) is 5.73. The van der Waals surface area contributed by atoms with Crippen LogP contribution in [-0.2, 0) is 0 Å². The second kappa shape index (κ2) is 5.17. The standard InChI is InChI=1S/C9H8ClN3O2/c10-4-2-1-3-7-5-8(13(14)15)6-12-9(7)11/h5-6H,2,4H2,(H2,11,12). The SMILES string of the molecule is Nc1ncc([N+](=O)[O-])cc1C#CCCCl. The molecule has 0 atom stereocenters. The molecule has 0 aliphatic carbocycles. The molecule has 5 nitrogen and oxygen atoms in total. The highest BCUT2D eigenvalue weighted by atomic mass is 35.5. The van der Waals surface area contributed by atoms with Gasteiger partial charge in [-0.3, -0.25) is 10.1 Å². The molecule has 1 aromatic rings. The van der Waals surface area contributed by atoms with Crippen molar-refractivity contribution in [3.05, 3.63) is 27.9 Å². The molecular formula is C9H8ClN3O2. The minimum Gasteiger partial charge on any atom is -0.383 e. The van der Waals surface area contributed by atoms with E-state index in [0.717, 1.165) is 6.20 Å². The number of alkyl halides is 1. The number of nitrogens with two attached hydrogens (primary N) is 1. The minimum atomic E-state index is -0.542. The van der Waals surface area contributed by atoms with Gasteiger partial charge in [-0.25, -0.2) is 4.98 Å². The van der Waals surface area contributed by atoms with Gasteiger partial charge in [0.15, 0.2) is 0 Å². The lowest BCUT2D eigenvalue weighted by Gasteiger charge is -1.96. The third-order valence-corrected chi connectivity index (χ3v) is 1.75. The molecule has 1 heterocycles. The van der Waals surface area contributed by atoms with Gasteiger partial charge in [0.2, 0.25) is 0 Å². The molecule has 0 bridgehead atoms. The van der Waals surface area contributed by atoms with Gasteiger partial charge in [0, 0.05) is 18.4 Å². The first-order valence-electron chi connectivity index (χ1n) is 4.10. The maximum Gasteiger partial charge on any atom is 0.288 e. The van der Waals surface area contributed by atoms with Gasteiger partial charge >= 0.3 is 0 Å². The van der Waals surface area contributed by atoms with E-state index < -0.39 is 4.92 Å². The molecule has 0 aliphatic rings. The number of nitrogen functional groups attached to an aromatic ring is 1. The van der Waals surface area contributed by atoms with Crippen molar-refractivity contribution in [3.8, 4) is 11.8 Å². The summed E-state index contributed by atoms with van der Waals surface area (Å²) in [6.45, 7) is 0. The topological polar surface area (TPSA) is 82.0 Å². The Morgan fingerprint density at radius 2 is 2.40 bits per heavy atom. The van der Waals surface area contributed by atoms with E-state index in [-0.39, 0.29) is 11.5 Å². The number of hydrogen-bond donors (Lipinski definition) is 1. The first-order chi connectivity index (χ1) is 7.15. The highest BCUT2D eigenvalue weighted by molar-refractivity contribution is 6.18. The van der Waals surface area contributed by atoms with Crippen molar-refractivity contribution in [3.63, 3.8) is 0 Å². The number of nitro groups is 1. The molecule has 1 aromatic heterocycles.